The minimum absolute atomic E-state index is 0. The Morgan fingerprint density at radius 2 is 2.18 bits per heavy atom. The predicted molar refractivity (Wildman–Crippen MR) is 63.6 cm³/mol. The van der Waals surface area contributed by atoms with Crippen molar-refractivity contribution >= 4 is 36.4 Å². The second-order valence-electron chi connectivity index (χ2n) is 2.83. The Labute approximate surface area is 111 Å². The summed E-state index contributed by atoms with van der Waals surface area (Å²) in [5.74, 6) is -2.27. The molecule has 0 aliphatic rings. The number of aliphatic hydroxyl groups excluding tert-OH is 1. The molecule has 0 saturated heterocycles. The van der Waals surface area contributed by atoms with Gasteiger partial charge in [-0.1, -0.05) is 6.07 Å². The van der Waals surface area contributed by atoms with E-state index < -0.39 is 11.8 Å². The van der Waals surface area contributed by atoms with Crippen LogP contribution in [0.25, 0.3) is 5.76 Å². The molecule has 0 aliphatic carbocycles. The Kier molecular flexibility index (Phi) is 6.95. The number of carbonyl (C=O) groups excluding carboxylic acids is 2. The molecule has 1 heterocycles. The molecule has 0 aromatic carbocycles. The van der Waals surface area contributed by atoms with Gasteiger partial charge in [-0.05, 0) is 19.1 Å². The van der Waals surface area contributed by atoms with Crippen LogP contribution < -0.4 is 0 Å². The van der Waals surface area contributed by atoms with E-state index in [-0.39, 0.29) is 36.9 Å². The molecule has 0 saturated carbocycles. The van der Waals surface area contributed by atoms with Crippen molar-refractivity contribution in [3.8, 4) is 0 Å². The number of hydrogen-bond donors (Lipinski definition) is 1. The van der Waals surface area contributed by atoms with Crippen LogP contribution >= 0.6 is 0 Å². The van der Waals surface area contributed by atoms with E-state index in [4.69, 9.17) is 0 Å². The SMILES string of the molecule is CCOC(=O)C(=O)C=C(O)c1ccccn1.[LiH]. The number of aromatic nitrogens is 1. The number of carbonyl (C=O) groups is 2. The standard InChI is InChI=1S/C11H11NO4.Li.H/c1-2-16-11(15)10(14)7-9(13)8-5-3-4-6-12-8;;/h3-7,13H,2H2,1H3;;. The summed E-state index contributed by atoms with van der Waals surface area (Å²) in [7, 11) is 0. The fraction of sp³-hybridized carbons (Fsp3) is 0.182. The van der Waals surface area contributed by atoms with Gasteiger partial charge in [-0.2, -0.15) is 0 Å². The summed E-state index contributed by atoms with van der Waals surface area (Å²) in [5, 5.41) is 9.48. The molecule has 0 fully saturated rings. The minimum atomic E-state index is -0.995. The Balaban J connectivity index is 0.00000256. The maximum atomic E-state index is 11.2. The van der Waals surface area contributed by atoms with Crippen molar-refractivity contribution in [2.45, 2.75) is 6.92 Å². The van der Waals surface area contributed by atoms with E-state index in [1.54, 1.807) is 19.1 Å². The number of ether oxygens (including phenoxy) is 1. The monoisotopic (exact) mass is 229 g/mol. The van der Waals surface area contributed by atoms with Crippen LogP contribution in [0.15, 0.2) is 30.5 Å². The average molecular weight is 229 g/mol. The molecule has 0 atom stereocenters. The number of nitrogens with zero attached hydrogens (tertiary/aromatic N) is 1. The van der Waals surface area contributed by atoms with Crippen LogP contribution in [-0.2, 0) is 14.3 Å². The van der Waals surface area contributed by atoms with Crippen molar-refractivity contribution in [2.75, 3.05) is 6.61 Å². The van der Waals surface area contributed by atoms with E-state index in [0.29, 0.717) is 0 Å². The summed E-state index contributed by atoms with van der Waals surface area (Å²) < 4.78 is 4.48. The second kappa shape index (κ2) is 7.66. The molecular weight excluding hydrogens is 217 g/mol. The third-order valence-corrected chi connectivity index (χ3v) is 1.67. The van der Waals surface area contributed by atoms with Crippen LogP contribution in [0.1, 0.15) is 12.6 Å². The Bertz CT molecular complexity index is 417. The molecule has 5 nitrogen and oxygen atoms in total. The van der Waals surface area contributed by atoms with Crippen molar-refractivity contribution in [3.63, 3.8) is 0 Å². The molecular formula is C11H12LiNO4. The number of pyridine rings is 1. The molecule has 6 heteroatoms. The van der Waals surface area contributed by atoms with E-state index in [9.17, 15) is 14.7 Å². The molecule has 0 amide bonds. The maximum absolute atomic E-state index is 11.2. The van der Waals surface area contributed by atoms with Gasteiger partial charge >= 0.3 is 24.8 Å². The van der Waals surface area contributed by atoms with Crippen molar-refractivity contribution in [3.05, 3.63) is 36.2 Å². The Morgan fingerprint density at radius 3 is 2.71 bits per heavy atom. The zero-order valence-corrected chi connectivity index (χ0v) is 8.71. The van der Waals surface area contributed by atoms with Crippen LogP contribution in [0.5, 0.6) is 0 Å². The summed E-state index contributed by atoms with van der Waals surface area (Å²) >= 11 is 0. The van der Waals surface area contributed by atoms with Crippen molar-refractivity contribution in [1.82, 2.24) is 4.98 Å². The molecule has 1 aromatic rings. The van der Waals surface area contributed by atoms with Crippen LogP contribution in [0.2, 0.25) is 0 Å². The molecule has 0 bridgehead atoms. The first-order chi connectivity index (χ1) is 7.65. The zero-order chi connectivity index (χ0) is 12.0. The zero-order valence-electron chi connectivity index (χ0n) is 8.71. The summed E-state index contributed by atoms with van der Waals surface area (Å²) in [4.78, 5) is 26.0. The fourth-order valence-electron chi connectivity index (χ4n) is 0.974. The number of hydrogen-bond acceptors (Lipinski definition) is 5. The first kappa shape index (κ1) is 15.4. The first-order valence-electron chi connectivity index (χ1n) is 4.68. The van der Waals surface area contributed by atoms with Crippen LogP contribution in [0.3, 0.4) is 0 Å². The molecule has 0 spiro atoms. The van der Waals surface area contributed by atoms with Crippen LogP contribution in [-0.4, -0.2) is 47.3 Å². The van der Waals surface area contributed by atoms with Gasteiger partial charge in [-0.3, -0.25) is 9.78 Å². The second-order valence-corrected chi connectivity index (χ2v) is 2.83. The Hall–Kier alpha value is -1.57. The summed E-state index contributed by atoms with van der Waals surface area (Å²) in [6.45, 7) is 1.70. The third kappa shape index (κ3) is 4.85. The molecule has 0 radical (unpaired) electrons. The van der Waals surface area contributed by atoms with E-state index in [0.717, 1.165) is 6.08 Å². The van der Waals surface area contributed by atoms with Crippen LogP contribution in [0, 0.1) is 0 Å². The van der Waals surface area contributed by atoms with Gasteiger partial charge in [0.15, 0.2) is 0 Å². The van der Waals surface area contributed by atoms with Gasteiger partial charge in [0.05, 0.1) is 6.61 Å². The van der Waals surface area contributed by atoms with Gasteiger partial charge < -0.3 is 9.84 Å². The third-order valence-electron chi connectivity index (χ3n) is 1.67. The first-order valence-corrected chi connectivity index (χ1v) is 4.68. The number of esters is 1. The summed E-state index contributed by atoms with van der Waals surface area (Å²) in [6.07, 6.45) is 2.26. The van der Waals surface area contributed by atoms with Gasteiger partial charge in [0.2, 0.25) is 0 Å². The van der Waals surface area contributed by atoms with Gasteiger partial charge in [0.25, 0.3) is 5.78 Å². The molecule has 1 aromatic heterocycles. The number of aliphatic hydroxyl groups is 1. The number of rotatable bonds is 4. The molecule has 86 valence electrons. The number of ketones is 1. The van der Waals surface area contributed by atoms with Gasteiger partial charge in [-0.25, -0.2) is 4.79 Å². The normalized spacial score (nSPS) is 10.3. The topological polar surface area (TPSA) is 76.5 Å². The van der Waals surface area contributed by atoms with Crippen molar-refractivity contribution < 1.29 is 19.4 Å². The van der Waals surface area contributed by atoms with E-state index in [1.807, 2.05) is 0 Å². The van der Waals surface area contributed by atoms with Gasteiger partial charge in [0, 0.05) is 12.3 Å². The Morgan fingerprint density at radius 1 is 1.47 bits per heavy atom. The molecule has 17 heavy (non-hydrogen) atoms. The van der Waals surface area contributed by atoms with Crippen LogP contribution in [0.4, 0.5) is 0 Å². The molecule has 0 aliphatic heterocycles. The van der Waals surface area contributed by atoms with E-state index >= 15 is 0 Å². The summed E-state index contributed by atoms with van der Waals surface area (Å²) in [6, 6.07) is 4.84. The van der Waals surface area contributed by atoms with Crippen molar-refractivity contribution in [2.24, 2.45) is 0 Å². The van der Waals surface area contributed by atoms with E-state index in [2.05, 4.69) is 9.72 Å². The predicted octanol–water partition coefficient (Wildman–Crippen LogP) is 0.464. The molecule has 1 N–H and O–H groups in total. The van der Waals surface area contributed by atoms with Crippen molar-refractivity contribution in [1.29, 1.82) is 0 Å². The average Bonchev–Trinajstić information content (AvgIpc) is 2.30. The van der Waals surface area contributed by atoms with Gasteiger partial charge in [-0.15, -0.1) is 0 Å². The summed E-state index contributed by atoms with van der Waals surface area (Å²) in [5.41, 5.74) is 0.222. The quantitative estimate of drug-likeness (QED) is 0.267. The molecule has 1 rings (SSSR count). The fourth-order valence-corrected chi connectivity index (χ4v) is 0.974. The van der Waals surface area contributed by atoms with E-state index in [1.165, 1.54) is 12.3 Å². The van der Waals surface area contributed by atoms with Gasteiger partial charge in [0.1, 0.15) is 11.5 Å². The molecule has 0 unspecified atom stereocenters.